The Morgan fingerprint density at radius 1 is 0.931 bits per heavy atom. The number of ether oxygens (including phenoxy) is 1. The van der Waals surface area contributed by atoms with E-state index in [-0.39, 0.29) is 12.0 Å². The smallest absolute Gasteiger partial charge is 0.338 e. The molecule has 5 heteroatoms. The van der Waals surface area contributed by atoms with Gasteiger partial charge in [0.15, 0.2) is 5.11 Å². The lowest BCUT2D eigenvalue weighted by Crippen LogP contribution is -2.33. The summed E-state index contributed by atoms with van der Waals surface area (Å²) in [7, 11) is 1.38. The molecule has 0 bridgehead atoms. The highest BCUT2D eigenvalue weighted by molar-refractivity contribution is 7.80. The molecule has 2 N–H and O–H groups in total. The molecule has 0 aliphatic heterocycles. The molecule has 148 valence electrons. The standard InChI is InChI=1S/C24H24N2O2S/c1-16-9-7-12-19(15-16)22(18-10-5-4-6-11-18)26-24(29)25-21-14-8-13-20(17(21)2)23(27)28-3/h4-15,22H,1-3H3,(H2,25,26,29)/t22-/m1/s1. The number of aryl methyl sites for hydroxylation is 1. The van der Waals surface area contributed by atoms with E-state index in [1.807, 2.05) is 37.3 Å². The second-order valence-corrected chi connectivity index (χ2v) is 7.23. The van der Waals surface area contributed by atoms with Crippen LogP contribution in [-0.2, 0) is 4.74 Å². The van der Waals surface area contributed by atoms with Crippen molar-refractivity contribution >= 4 is 29.0 Å². The van der Waals surface area contributed by atoms with E-state index in [2.05, 4.69) is 47.9 Å². The van der Waals surface area contributed by atoms with E-state index in [4.69, 9.17) is 17.0 Å². The van der Waals surface area contributed by atoms with Crippen LogP contribution >= 0.6 is 12.2 Å². The third-order valence-corrected chi connectivity index (χ3v) is 4.99. The van der Waals surface area contributed by atoms with Gasteiger partial charge in [0.05, 0.1) is 18.7 Å². The molecule has 0 amide bonds. The summed E-state index contributed by atoms with van der Waals surface area (Å²) in [5.41, 5.74) is 5.49. The van der Waals surface area contributed by atoms with Crippen molar-refractivity contribution in [2.45, 2.75) is 19.9 Å². The first kappa shape index (κ1) is 20.6. The van der Waals surface area contributed by atoms with Crippen molar-refractivity contribution < 1.29 is 9.53 Å². The fourth-order valence-electron chi connectivity index (χ4n) is 3.25. The highest BCUT2D eigenvalue weighted by Gasteiger charge is 2.17. The van der Waals surface area contributed by atoms with Crippen LogP contribution in [-0.4, -0.2) is 18.2 Å². The summed E-state index contributed by atoms with van der Waals surface area (Å²) < 4.78 is 4.85. The highest BCUT2D eigenvalue weighted by Crippen LogP contribution is 2.24. The monoisotopic (exact) mass is 404 g/mol. The summed E-state index contributed by atoms with van der Waals surface area (Å²) in [6, 6.07) is 23.9. The number of hydrogen-bond donors (Lipinski definition) is 2. The average molecular weight is 405 g/mol. The zero-order valence-corrected chi connectivity index (χ0v) is 17.5. The fourth-order valence-corrected chi connectivity index (χ4v) is 3.47. The van der Waals surface area contributed by atoms with Gasteiger partial charge in [0.2, 0.25) is 0 Å². The van der Waals surface area contributed by atoms with Gasteiger partial charge in [0.1, 0.15) is 0 Å². The first-order valence-corrected chi connectivity index (χ1v) is 9.77. The zero-order chi connectivity index (χ0) is 20.8. The summed E-state index contributed by atoms with van der Waals surface area (Å²) in [5, 5.41) is 7.12. The lowest BCUT2D eigenvalue weighted by molar-refractivity contribution is 0.0600. The van der Waals surface area contributed by atoms with Gasteiger partial charge in [-0.15, -0.1) is 0 Å². The van der Waals surface area contributed by atoms with Crippen LogP contribution in [0.3, 0.4) is 0 Å². The Morgan fingerprint density at radius 3 is 2.31 bits per heavy atom. The molecular formula is C24H24N2O2S. The van der Waals surface area contributed by atoms with Crippen molar-refractivity contribution in [1.29, 1.82) is 0 Å². The van der Waals surface area contributed by atoms with Crippen molar-refractivity contribution in [1.82, 2.24) is 5.32 Å². The number of nitrogens with one attached hydrogen (secondary N) is 2. The normalized spacial score (nSPS) is 11.4. The van der Waals surface area contributed by atoms with E-state index < -0.39 is 0 Å². The van der Waals surface area contributed by atoms with E-state index in [1.165, 1.54) is 12.7 Å². The van der Waals surface area contributed by atoms with Gasteiger partial charge >= 0.3 is 5.97 Å². The number of esters is 1. The minimum Gasteiger partial charge on any atom is -0.465 e. The van der Waals surface area contributed by atoms with Gasteiger partial charge in [-0.2, -0.15) is 0 Å². The Hall–Kier alpha value is -3.18. The molecule has 0 saturated heterocycles. The summed E-state index contributed by atoms with van der Waals surface area (Å²) >= 11 is 5.60. The van der Waals surface area contributed by atoms with Crippen molar-refractivity contribution in [3.8, 4) is 0 Å². The molecule has 0 unspecified atom stereocenters. The summed E-state index contributed by atoms with van der Waals surface area (Å²) in [6.07, 6.45) is 0. The number of carbonyl (C=O) groups is 1. The van der Waals surface area contributed by atoms with Gasteiger partial charge in [0.25, 0.3) is 0 Å². The number of benzene rings is 3. The number of carbonyl (C=O) groups excluding carboxylic acids is 1. The van der Waals surface area contributed by atoms with E-state index >= 15 is 0 Å². The molecule has 3 aromatic rings. The van der Waals surface area contributed by atoms with Crippen molar-refractivity contribution in [3.63, 3.8) is 0 Å². The maximum atomic E-state index is 12.0. The van der Waals surface area contributed by atoms with Crippen LogP contribution in [0.1, 0.15) is 38.7 Å². The predicted molar refractivity (Wildman–Crippen MR) is 121 cm³/mol. The summed E-state index contributed by atoms with van der Waals surface area (Å²) in [6.45, 7) is 3.94. The largest absolute Gasteiger partial charge is 0.465 e. The third-order valence-electron chi connectivity index (χ3n) is 4.77. The molecule has 3 aromatic carbocycles. The predicted octanol–water partition coefficient (Wildman–Crippen LogP) is 5.17. The molecule has 0 radical (unpaired) electrons. The summed E-state index contributed by atoms with van der Waals surface area (Å²) in [4.78, 5) is 12.0. The van der Waals surface area contributed by atoms with Gasteiger partial charge in [-0.3, -0.25) is 0 Å². The Bertz CT molecular complexity index is 1020. The first-order valence-electron chi connectivity index (χ1n) is 9.36. The Labute approximate surface area is 176 Å². The van der Waals surface area contributed by atoms with Gasteiger partial charge in [0, 0.05) is 5.69 Å². The number of rotatable bonds is 5. The topological polar surface area (TPSA) is 50.4 Å². The number of hydrogen-bond acceptors (Lipinski definition) is 3. The molecule has 29 heavy (non-hydrogen) atoms. The molecule has 0 aliphatic rings. The molecule has 0 saturated carbocycles. The lowest BCUT2D eigenvalue weighted by Gasteiger charge is -2.23. The number of methoxy groups -OCH3 is 1. The van der Waals surface area contributed by atoms with Gasteiger partial charge in [-0.25, -0.2) is 4.79 Å². The van der Waals surface area contributed by atoms with E-state index in [0.717, 1.165) is 22.4 Å². The molecule has 0 aliphatic carbocycles. The second kappa shape index (κ2) is 9.34. The highest BCUT2D eigenvalue weighted by atomic mass is 32.1. The fraction of sp³-hybridized carbons (Fsp3) is 0.167. The quantitative estimate of drug-likeness (QED) is 0.454. The Kier molecular flexibility index (Phi) is 6.62. The number of thiocarbonyl (C=S) groups is 1. The molecule has 0 heterocycles. The van der Waals surface area contributed by atoms with Crippen molar-refractivity contribution in [2.75, 3.05) is 12.4 Å². The SMILES string of the molecule is COC(=O)c1cccc(NC(=S)N[C@H](c2ccccc2)c2cccc(C)c2)c1C. The summed E-state index contributed by atoms with van der Waals surface area (Å²) in [5.74, 6) is -0.369. The molecule has 1 atom stereocenters. The Morgan fingerprint density at radius 2 is 1.62 bits per heavy atom. The van der Waals surface area contributed by atoms with Crippen molar-refractivity contribution in [2.24, 2.45) is 0 Å². The van der Waals surface area contributed by atoms with Crippen molar-refractivity contribution in [3.05, 3.63) is 101 Å². The number of anilines is 1. The van der Waals surface area contributed by atoms with E-state index in [1.54, 1.807) is 12.1 Å². The molecule has 3 rings (SSSR count). The molecule has 0 fully saturated rings. The van der Waals surface area contributed by atoms with Gasteiger partial charge in [-0.1, -0.05) is 66.2 Å². The first-order chi connectivity index (χ1) is 14.0. The molecule has 4 nitrogen and oxygen atoms in total. The second-order valence-electron chi connectivity index (χ2n) is 6.83. The minimum absolute atomic E-state index is 0.0970. The van der Waals surface area contributed by atoms with Crippen LogP contribution in [0.25, 0.3) is 0 Å². The minimum atomic E-state index is -0.369. The Balaban J connectivity index is 1.86. The third kappa shape index (κ3) is 5.00. The molecule has 0 spiro atoms. The lowest BCUT2D eigenvalue weighted by atomic mass is 9.97. The van der Waals surface area contributed by atoms with E-state index in [9.17, 15) is 4.79 Å². The maximum Gasteiger partial charge on any atom is 0.338 e. The molecule has 0 aromatic heterocycles. The van der Waals surface area contributed by atoms with Crippen LogP contribution in [0, 0.1) is 13.8 Å². The van der Waals surface area contributed by atoms with Gasteiger partial charge < -0.3 is 15.4 Å². The zero-order valence-electron chi connectivity index (χ0n) is 16.7. The van der Waals surface area contributed by atoms with Crippen LogP contribution in [0.2, 0.25) is 0 Å². The van der Waals surface area contributed by atoms with Crippen LogP contribution in [0.5, 0.6) is 0 Å². The van der Waals surface area contributed by atoms with Crippen LogP contribution < -0.4 is 10.6 Å². The van der Waals surface area contributed by atoms with Crippen LogP contribution in [0.4, 0.5) is 5.69 Å². The maximum absolute atomic E-state index is 12.0. The molecular weight excluding hydrogens is 380 g/mol. The van der Waals surface area contributed by atoms with E-state index in [0.29, 0.717) is 10.7 Å². The average Bonchev–Trinajstić information content (AvgIpc) is 2.73. The van der Waals surface area contributed by atoms with Crippen LogP contribution in [0.15, 0.2) is 72.8 Å². The van der Waals surface area contributed by atoms with Gasteiger partial charge in [-0.05, 0) is 54.9 Å².